The SMILES string of the molecule is Cc1ccc(O)c(NS(=O)(=O)c2cc(Cl)sc2Cl)c1. The average molecular weight is 338 g/mol. The van der Waals surface area contributed by atoms with E-state index in [0.29, 0.717) is 0 Å². The largest absolute Gasteiger partial charge is 0.506 e. The van der Waals surface area contributed by atoms with Gasteiger partial charge in [0, 0.05) is 0 Å². The third-order valence-electron chi connectivity index (χ3n) is 2.31. The van der Waals surface area contributed by atoms with Gasteiger partial charge in [-0.15, -0.1) is 11.3 Å². The summed E-state index contributed by atoms with van der Waals surface area (Å²) >= 11 is 12.5. The molecule has 0 aliphatic rings. The fourth-order valence-corrected chi connectivity index (χ4v) is 4.66. The highest BCUT2D eigenvalue weighted by molar-refractivity contribution is 7.93. The van der Waals surface area contributed by atoms with Gasteiger partial charge < -0.3 is 5.11 Å². The first kappa shape index (κ1) is 14.5. The predicted molar refractivity (Wildman–Crippen MR) is 78.0 cm³/mol. The molecule has 102 valence electrons. The maximum Gasteiger partial charge on any atom is 0.264 e. The van der Waals surface area contributed by atoms with Gasteiger partial charge in [0.1, 0.15) is 15.0 Å². The molecule has 0 aliphatic heterocycles. The molecule has 4 nitrogen and oxygen atoms in total. The van der Waals surface area contributed by atoms with Crippen LogP contribution in [0.2, 0.25) is 8.67 Å². The van der Waals surface area contributed by atoms with Gasteiger partial charge in [0.25, 0.3) is 10.0 Å². The van der Waals surface area contributed by atoms with Crippen molar-refractivity contribution in [3.63, 3.8) is 0 Å². The van der Waals surface area contributed by atoms with Crippen molar-refractivity contribution in [3.05, 3.63) is 38.5 Å². The molecule has 0 amide bonds. The summed E-state index contributed by atoms with van der Waals surface area (Å²) in [4.78, 5) is -0.106. The van der Waals surface area contributed by atoms with Crippen molar-refractivity contribution in [2.45, 2.75) is 11.8 Å². The average Bonchev–Trinajstić information content (AvgIpc) is 2.63. The van der Waals surface area contributed by atoms with E-state index in [0.717, 1.165) is 16.9 Å². The van der Waals surface area contributed by atoms with Crippen molar-refractivity contribution in [1.29, 1.82) is 0 Å². The minimum Gasteiger partial charge on any atom is -0.506 e. The van der Waals surface area contributed by atoms with Crippen LogP contribution in [0.3, 0.4) is 0 Å². The molecule has 0 atom stereocenters. The van der Waals surface area contributed by atoms with E-state index in [1.807, 2.05) is 0 Å². The highest BCUT2D eigenvalue weighted by Gasteiger charge is 2.22. The van der Waals surface area contributed by atoms with Gasteiger partial charge in [-0.3, -0.25) is 4.72 Å². The number of aromatic hydroxyl groups is 1. The molecule has 1 aromatic heterocycles. The summed E-state index contributed by atoms with van der Waals surface area (Å²) in [5.41, 5.74) is 0.906. The number of halogens is 2. The van der Waals surface area contributed by atoms with Gasteiger partial charge in [-0.1, -0.05) is 29.3 Å². The third-order valence-corrected chi connectivity index (χ3v) is 5.43. The number of phenolic OH excluding ortho intramolecular Hbond substituents is 1. The van der Waals surface area contributed by atoms with Crippen LogP contribution in [0.4, 0.5) is 5.69 Å². The lowest BCUT2D eigenvalue weighted by atomic mass is 10.2. The zero-order valence-corrected chi connectivity index (χ0v) is 12.8. The minimum atomic E-state index is -3.88. The fourth-order valence-electron chi connectivity index (χ4n) is 1.44. The summed E-state index contributed by atoms with van der Waals surface area (Å²) in [6.07, 6.45) is 0. The molecule has 2 aromatic rings. The first-order valence-electron chi connectivity index (χ1n) is 5.07. The number of rotatable bonds is 3. The van der Waals surface area contributed by atoms with Crippen LogP contribution in [0.25, 0.3) is 0 Å². The van der Waals surface area contributed by atoms with Crippen LogP contribution < -0.4 is 4.72 Å². The molecule has 0 fully saturated rings. The second-order valence-corrected chi connectivity index (χ2v) is 7.75. The molecular weight excluding hydrogens is 329 g/mol. The van der Waals surface area contributed by atoms with Gasteiger partial charge in [-0.2, -0.15) is 0 Å². The summed E-state index contributed by atoms with van der Waals surface area (Å²) in [5.74, 6) is -0.161. The van der Waals surface area contributed by atoms with Crippen LogP contribution in [-0.2, 0) is 10.0 Å². The van der Waals surface area contributed by atoms with Crippen LogP contribution in [0.15, 0.2) is 29.2 Å². The monoisotopic (exact) mass is 337 g/mol. The first-order chi connectivity index (χ1) is 8.79. The number of sulfonamides is 1. The molecule has 0 radical (unpaired) electrons. The van der Waals surface area contributed by atoms with Gasteiger partial charge in [-0.05, 0) is 30.7 Å². The molecule has 0 unspecified atom stereocenters. The highest BCUT2D eigenvalue weighted by Crippen LogP contribution is 2.36. The zero-order chi connectivity index (χ0) is 14.2. The fraction of sp³-hybridized carbons (Fsp3) is 0.0909. The Morgan fingerprint density at radius 1 is 1.26 bits per heavy atom. The Morgan fingerprint density at radius 2 is 1.95 bits per heavy atom. The molecule has 0 spiro atoms. The molecule has 8 heteroatoms. The zero-order valence-electron chi connectivity index (χ0n) is 9.65. The van der Waals surface area contributed by atoms with Crippen LogP contribution >= 0.6 is 34.5 Å². The molecule has 2 N–H and O–H groups in total. The Morgan fingerprint density at radius 3 is 2.53 bits per heavy atom. The van der Waals surface area contributed by atoms with Gasteiger partial charge in [0.15, 0.2) is 0 Å². The Balaban J connectivity index is 2.42. The van der Waals surface area contributed by atoms with Gasteiger partial charge in [0.05, 0.1) is 10.0 Å². The highest BCUT2D eigenvalue weighted by atomic mass is 35.5. The first-order valence-corrected chi connectivity index (χ1v) is 8.12. The Labute approximate surface area is 124 Å². The quantitative estimate of drug-likeness (QED) is 0.835. The number of phenols is 1. The van der Waals surface area contributed by atoms with Crippen LogP contribution in [-0.4, -0.2) is 13.5 Å². The van der Waals surface area contributed by atoms with E-state index in [4.69, 9.17) is 23.2 Å². The molecule has 1 aromatic carbocycles. The number of hydrogen-bond donors (Lipinski definition) is 2. The van der Waals surface area contributed by atoms with E-state index in [9.17, 15) is 13.5 Å². The maximum absolute atomic E-state index is 12.1. The van der Waals surface area contributed by atoms with Crippen molar-refractivity contribution in [1.82, 2.24) is 0 Å². The molecule has 0 aliphatic carbocycles. The third kappa shape index (κ3) is 3.14. The summed E-state index contributed by atoms with van der Waals surface area (Å²) in [6, 6.07) is 5.87. The van der Waals surface area contributed by atoms with E-state index in [1.54, 1.807) is 13.0 Å². The normalized spacial score (nSPS) is 11.5. The second-order valence-electron chi connectivity index (χ2n) is 3.81. The number of aryl methyl sites for hydroxylation is 1. The Bertz CT molecular complexity index is 726. The summed E-state index contributed by atoms with van der Waals surface area (Å²) < 4.78 is 26.9. The molecule has 0 saturated carbocycles. The lowest BCUT2D eigenvalue weighted by Crippen LogP contribution is -2.12. The summed E-state index contributed by atoms with van der Waals surface area (Å²) in [6.45, 7) is 1.78. The van der Waals surface area contributed by atoms with Crippen molar-refractivity contribution in [3.8, 4) is 5.75 Å². The topological polar surface area (TPSA) is 66.4 Å². The van der Waals surface area contributed by atoms with Crippen LogP contribution in [0.5, 0.6) is 5.75 Å². The molecule has 0 bridgehead atoms. The number of benzene rings is 1. The van der Waals surface area contributed by atoms with E-state index < -0.39 is 10.0 Å². The molecular formula is C11H9Cl2NO3S2. The number of nitrogens with one attached hydrogen (secondary N) is 1. The van der Waals surface area contributed by atoms with E-state index >= 15 is 0 Å². The maximum atomic E-state index is 12.1. The van der Waals surface area contributed by atoms with Crippen molar-refractivity contribution in [2.24, 2.45) is 0 Å². The van der Waals surface area contributed by atoms with Crippen molar-refractivity contribution >= 4 is 50.2 Å². The number of hydrogen-bond acceptors (Lipinski definition) is 4. The molecule has 2 rings (SSSR count). The van der Waals surface area contributed by atoms with E-state index in [-0.39, 0.29) is 25.0 Å². The summed E-state index contributed by atoms with van der Waals surface area (Å²) in [7, 11) is -3.88. The van der Waals surface area contributed by atoms with Gasteiger partial charge >= 0.3 is 0 Å². The molecule has 1 heterocycles. The Hall–Kier alpha value is -0.950. The predicted octanol–water partition coefficient (Wildman–Crippen LogP) is 3.87. The molecule has 19 heavy (non-hydrogen) atoms. The summed E-state index contributed by atoms with van der Waals surface area (Å²) in [5, 5.41) is 9.64. The number of thiophene rings is 1. The van der Waals surface area contributed by atoms with Gasteiger partial charge in [-0.25, -0.2) is 8.42 Å². The van der Waals surface area contributed by atoms with E-state index in [2.05, 4.69) is 4.72 Å². The van der Waals surface area contributed by atoms with Crippen LogP contribution in [0.1, 0.15) is 5.56 Å². The molecule has 0 saturated heterocycles. The lowest BCUT2D eigenvalue weighted by Gasteiger charge is -2.09. The van der Waals surface area contributed by atoms with Crippen LogP contribution in [0, 0.1) is 6.92 Å². The lowest BCUT2D eigenvalue weighted by molar-refractivity contribution is 0.477. The van der Waals surface area contributed by atoms with Gasteiger partial charge in [0.2, 0.25) is 0 Å². The standard InChI is InChI=1S/C11H9Cl2NO3S2/c1-6-2-3-8(15)7(4-6)14-19(16,17)9-5-10(12)18-11(9)13/h2-5,14-15H,1H3. The minimum absolute atomic E-state index is 0.0737. The van der Waals surface area contributed by atoms with Crippen molar-refractivity contribution in [2.75, 3.05) is 4.72 Å². The second kappa shape index (κ2) is 5.20. The smallest absolute Gasteiger partial charge is 0.264 e. The van der Waals surface area contributed by atoms with E-state index in [1.165, 1.54) is 18.2 Å². The number of anilines is 1. The Kier molecular flexibility index (Phi) is 3.96. The van der Waals surface area contributed by atoms with Crippen molar-refractivity contribution < 1.29 is 13.5 Å².